The molecule has 0 amide bonds. The Hall–Kier alpha value is -1.97. The van der Waals surface area contributed by atoms with Crippen LogP contribution in [-0.4, -0.2) is 15.2 Å². The Kier molecular flexibility index (Phi) is 2.36. The molecule has 2 rings (SSSR count). The Labute approximate surface area is 80.6 Å². The largest absolute Gasteiger partial charge is 0.268 e. The van der Waals surface area contributed by atoms with Gasteiger partial charge in [0.25, 0.3) is 5.56 Å². The van der Waals surface area contributed by atoms with E-state index in [4.69, 9.17) is 0 Å². The van der Waals surface area contributed by atoms with Crippen molar-refractivity contribution in [1.82, 2.24) is 15.2 Å². The predicted octanol–water partition coefficient (Wildman–Crippen LogP) is 0.756. The Morgan fingerprint density at radius 3 is 2.93 bits per heavy atom. The summed E-state index contributed by atoms with van der Waals surface area (Å²) in [4.78, 5) is 14.9. The lowest BCUT2D eigenvalue weighted by Gasteiger charge is -1.98. The first-order chi connectivity index (χ1) is 6.84. The molecule has 0 radical (unpaired) electrons. The average Bonchev–Trinajstić information content (AvgIpc) is 2.19. The van der Waals surface area contributed by atoms with Crippen LogP contribution < -0.4 is 5.56 Å². The molecule has 0 saturated heterocycles. The minimum atomic E-state index is -0.175. The highest BCUT2D eigenvalue weighted by molar-refractivity contribution is 5.19. The summed E-state index contributed by atoms with van der Waals surface area (Å²) in [6, 6.07) is 5.38. The molecule has 0 aliphatic carbocycles. The summed E-state index contributed by atoms with van der Waals surface area (Å²) in [5.41, 5.74) is 1.79. The molecule has 4 heteroatoms. The lowest BCUT2D eigenvalue weighted by Crippen LogP contribution is -2.07. The zero-order chi connectivity index (χ0) is 9.80. The molecular formula is C10H9N3O. The zero-order valence-corrected chi connectivity index (χ0v) is 7.47. The maximum Gasteiger partial charge on any atom is 0.264 e. The van der Waals surface area contributed by atoms with E-state index in [-0.39, 0.29) is 5.56 Å². The maximum absolute atomic E-state index is 10.9. The third-order valence-electron chi connectivity index (χ3n) is 1.85. The van der Waals surface area contributed by atoms with Crippen LogP contribution in [0.2, 0.25) is 0 Å². The van der Waals surface area contributed by atoms with Crippen LogP contribution in [-0.2, 0) is 6.42 Å². The Morgan fingerprint density at radius 1 is 1.29 bits per heavy atom. The fraction of sp³-hybridized carbons (Fsp3) is 0.100. The van der Waals surface area contributed by atoms with Gasteiger partial charge in [-0.3, -0.25) is 9.78 Å². The Balaban J connectivity index is 2.24. The fourth-order valence-electron chi connectivity index (χ4n) is 1.25. The van der Waals surface area contributed by atoms with E-state index in [1.807, 2.05) is 12.1 Å². The third kappa shape index (κ3) is 2.04. The molecule has 0 fully saturated rings. The van der Waals surface area contributed by atoms with Crippen molar-refractivity contribution >= 4 is 0 Å². The number of hydrogen-bond donors (Lipinski definition) is 1. The number of aromatic amines is 1. The van der Waals surface area contributed by atoms with Crippen molar-refractivity contribution < 1.29 is 0 Å². The molecule has 4 nitrogen and oxygen atoms in total. The molecule has 1 N–H and O–H groups in total. The number of nitrogens with zero attached hydrogens (tertiary/aromatic N) is 2. The standard InChI is InChI=1S/C10H9N3O/c14-10-5-9(7-12-13-10)4-8-2-1-3-11-6-8/h1-3,5-7H,4H2,(H,13,14). The number of rotatable bonds is 2. The smallest absolute Gasteiger partial charge is 0.264 e. The highest BCUT2D eigenvalue weighted by Crippen LogP contribution is 2.03. The molecule has 14 heavy (non-hydrogen) atoms. The van der Waals surface area contributed by atoms with Crippen LogP contribution in [0, 0.1) is 0 Å². The van der Waals surface area contributed by atoms with E-state index >= 15 is 0 Å². The number of pyridine rings is 1. The van der Waals surface area contributed by atoms with E-state index in [9.17, 15) is 4.79 Å². The summed E-state index contributed by atoms with van der Waals surface area (Å²) in [7, 11) is 0. The van der Waals surface area contributed by atoms with Crippen LogP contribution in [0.25, 0.3) is 0 Å². The Morgan fingerprint density at radius 2 is 2.21 bits per heavy atom. The lowest BCUT2D eigenvalue weighted by molar-refractivity contribution is 0.955. The fourth-order valence-corrected chi connectivity index (χ4v) is 1.25. The van der Waals surface area contributed by atoms with E-state index in [1.54, 1.807) is 24.7 Å². The van der Waals surface area contributed by atoms with Crippen molar-refractivity contribution in [2.75, 3.05) is 0 Å². The van der Waals surface area contributed by atoms with Crippen molar-refractivity contribution in [2.24, 2.45) is 0 Å². The first-order valence-corrected chi connectivity index (χ1v) is 4.27. The van der Waals surface area contributed by atoms with Gasteiger partial charge < -0.3 is 0 Å². The van der Waals surface area contributed by atoms with Gasteiger partial charge in [-0.05, 0) is 17.2 Å². The van der Waals surface area contributed by atoms with Gasteiger partial charge in [-0.25, -0.2) is 5.10 Å². The second kappa shape index (κ2) is 3.83. The van der Waals surface area contributed by atoms with E-state index in [0.717, 1.165) is 11.1 Å². The molecule has 0 spiro atoms. The number of hydrogen-bond acceptors (Lipinski definition) is 3. The Bertz CT molecular complexity index is 464. The van der Waals surface area contributed by atoms with Gasteiger partial charge in [-0.1, -0.05) is 6.07 Å². The molecule has 2 aromatic heterocycles. The van der Waals surface area contributed by atoms with Crippen LogP contribution in [0.1, 0.15) is 11.1 Å². The summed E-state index contributed by atoms with van der Waals surface area (Å²) in [5, 5.41) is 6.06. The van der Waals surface area contributed by atoms with Gasteiger partial charge in [-0.2, -0.15) is 5.10 Å². The molecular weight excluding hydrogens is 178 g/mol. The van der Waals surface area contributed by atoms with Gasteiger partial charge in [0.05, 0.1) is 6.20 Å². The van der Waals surface area contributed by atoms with Gasteiger partial charge in [0.15, 0.2) is 0 Å². The van der Waals surface area contributed by atoms with Crippen molar-refractivity contribution in [3.05, 3.63) is 58.3 Å². The summed E-state index contributed by atoms with van der Waals surface area (Å²) in [6.07, 6.45) is 5.83. The predicted molar refractivity (Wildman–Crippen MR) is 51.9 cm³/mol. The summed E-state index contributed by atoms with van der Waals surface area (Å²) in [5.74, 6) is 0. The second-order valence-corrected chi connectivity index (χ2v) is 2.99. The third-order valence-corrected chi connectivity index (χ3v) is 1.85. The van der Waals surface area contributed by atoms with Crippen LogP contribution in [0.5, 0.6) is 0 Å². The van der Waals surface area contributed by atoms with Crippen LogP contribution in [0.4, 0.5) is 0 Å². The maximum atomic E-state index is 10.9. The molecule has 0 bridgehead atoms. The molecule has 0 atom stereocenters. The minimum Gasteiger partial charge on any atom is -0.268 e. The summed E-state index contributed by atoms with van der Waals surface area (Å²) in [6.45, 7) is 0. The SMILES string of the molecule is O=c1cc(Cc2cccnc2)cn[nH]1. The van der Waals surface area contributed by atoms with Crippen LogP contribution in [0.15, 0.2) is 41.6 Å². The normalized spacial score (nSPS) is 10.0. The average molecular weight is 187 g/mol. The molecule has 0 saturated carbocycles. The number of aromatic nitrogens is 3. The summed E-state index contributed by atoms with van der Waals surface area (Å²) >= 11 is 0. The second-order valence-electron chi connectivity index (χ2n) is 2.99. The van der Waals surface area contributed by atoms with Crippen molar-refractivity contribution in [1.29, 1.82) is 0 Å². The van der Waals surface area contributed by atoms with Crippen LogP contribution >= 0.6 is 0 Å². The number of nitrogens with one attached hydrogen (secondary N) is 1. The van der Waals surface area contributed by atoms with Gasteiger partial charge >= 0.3 is 0 Å². The number of H-pyrrole nitrogens is 1. The van der Waals surface area contributed by atoms with Gasteiger partial charge in [0, 0.05) is 24.9 Å². The van der Waals surface area contributed by atoms with E-state index < -0.39 is 0 Å². The lowest BCUT2D eigenvalue weighted by atomic mass is 10.1. The zero-order valence-electron chi connectivity index (χ0n) is 7.47. The van der Waals surface area contributed by atoms with Gasteiger partial charge in [0.1, 0.15) is 0 Å². The van der Waals surface area contributed by atoms with Crippen LogP contribution in [0.3, 0.4) is 0 Å². The quantitative estimate of drug-likeness (QED) is 0.754. The first-order valence-electron chi connectivity index (χ1n) is 4.27. The molecule has 0 aliphatic rings. The molecule has 2 heterocycles. The molecule has 70 valence electrons. The van der Waals surface area contributed by atoms with Crippen molar-refractivity contribution in [3.8, 4) is 0 Å². The highest BCUT2D eigenvalue weighted by atomic mass is 16.1. The van der Waals surface area contributed by atoms with E-state index in [1.165, 1.54) is 0 Å². The van der Waals surface area contributed by atoms with E-state index in [0.29, 0.717) is 6.42 Å². The van der Waals surface area contributed by atoms with Crippen molar-refractivity contribution in [2.45, 2.75) is 6.42 Å². The summed E-state index contributed by atoms with van der Waals surface area (Å²) < 4.78 is 0. The molecule has 0 aliphatic heterocycles. The monoisotopic (exact) mass is 187 g/mol. The minimum absolute atomic E-state index is 0.175. The first kappa shape index (κ1) is 8.62. The molecule has 0 unspecified atom stereocenters. The van der Waals surface area contributed by atoms with Crippen molar-refractivity contribution in [3.63, 3.8) is 0 Å². The molecule has 0 aromatic carbocycles. The van der Waals surface area contributed by atoms with Gasteiger partial charge in [0.2, 0.25) is 0 Å². The van der Waals surface area contributed by atoms with Gasteiger partial charge in [-0.15, -0.1) is 0 Å². The highest BCUT2D eigenvalue weighted by Gasteiger charge is 1.96. The topological polar surface area (TPSA) is 58.6 Å². The van der Waals surface area contributed by atoms with E-state index in [2.05, 4.69) is 15.2 Å². The molecule has 2 aromatic rings.